The van der Waals surface area contributed by atoms with Gasteiger partial charge in [0, 0.05) is 17.5 Å². The molecular weight excluding hydrogens is 320 g/mol. The molecular formula is C15H22N2O3S2. The fraction of sp³-hybridized carbons (Fsp3) is 0.667. The number of amides is 1. The molecule has 0 unspecified atom stereocenters. The highest BCUT2D eigenvalue weighted by atomic mass is 32.2. The molecule has 1 atom stereocenters. The minimum Gasteiger partial charge on any atom is -0.334 e. The molecule has 1 fully saturated rings. The number of fused-ring (bicyclic) bond motifs is 1. The molecule has 3 rings (SSSR count). The largest absolute Gasteiger partial charge is 0.334 e. The van der Waals surface area contributed by atoms with E-state index in [2.05, 4.69) is 4.72 Å². The highest BCUT2D eigenvalue weighted by Crippen LogP contribution is 2.32. The van der Waals surface area contributed by atoms with E-state index < -0.39 is 10.0 Å². The molecule has 1 aliphatic carbocycles. The number of aryl methyl sites for hydroxylation is 2. The second kappa shape index (κ2) is 6.29. The van der Waals surface area contributed by atoms with Crippen LogP contribution in [-0.2, 0) is 22.9 Å². The number of likely N-dealkylation sites (tertiary alicyclic amines) is 1. The lowest BCUT2D eigenvalue weighted by molar-refractivity contribution is 0.0754. The maximum atomic E-state index is 12.8. The average molecular weight is 342 g/mol. The van der Waals surface area contributed by atoms with E-state index in [0.717, 1.165) is 30.6 Å². The molecule has 1 N–H and O–H groups in total. The third kappa shape index (κ3) is 3.21. The molecule has 1 aromatic rings. The Bertz CT molecular complexity index is 643. The van der Waals surface area contributed by atoms with Gasteiger partial charge in [-0.3, -0.25) is 4.79 Å². The first-order valence-corrected chi connectivity index (χ1v) is 10.3. The molecule has 1 aromatic heterocycles. The van der Waals surface area contributed by atoms with Gasteiger partial charge in [0.2, 0.25) is 10.0 Å². The lowest BCUT2D eigenvalue weighted by atomic mass is 9.99. The van der Waals surface area contributed by atoms with Crippen molar-refractivity contribution in [2.45, 2.75) is 44.6 Å². The van der Waals surface area contributed by atoms with Gasteiger partial charge in [-0.25, -0.2) is 13.1 Å². The standard InChI is InChI=1S/C15H22N2O3S2/c1-16-22(19,20)10-12-6-4-8-17(12)15(18)14-9-11-5-2-3-7-13(11)21-14/h9,12,16H,2-8,10H2,1H3/t12-/m1/s1. The zero-order valence-electron chi connectivity index (χ0n) is 12.8. The number of carbonyl (C=O) groups is 1. The Morgan fingerprint density at radius 1 is 1.36 bits per heavy atom. The van der Waals surface area contributed by atoms with Crippen molar-refractivity contribution in [3.63, 3.8) is 0 Å². The molecule has 0 bridgehead atoms. The summed E-state index contributed by atoms with van der Waals surface area (Å²) in [4.78, 5) is 16.6. The maximum absolute atomic E-state index is 12.8. The number of rotatable bonds is 4. The minimum atomic E-state index is -3.29. The number of carbonyl (C=O) groups excluding carboxylic acids is 1. The summed E-state index contributed by atoms with van der Waals surface area (Å²) in [5, 5.41) is 0. The van der Waals surface area contributed by atoms with Gasteiger partial charge in [0.15, 0.2) is 0 Å². The van der Waals surface area contributed by atoms with Gasteiger partial charge in [0.1, 0.15) is 0 Å². The summed E-state index contributed by atoms with van der Waals surface area (Å²) in [7, 11) is -1.87. The van der Waals surface area contributed by atoms with Gasteiger partial charge in [-0.2, -0.15) is 0 Å². The Labute approximate surface area is 135 Å². The molecule has 2 aliphatic rings. The fourth-order valence-electron chi connectivity index (χ4n) is 3.35. The van der Waals surface area contributed by atoms with Crippen molar-refractivity contribution in [2.75, 3.05) is 19.3 Å². The Morgan fingerprint density at radius 2 is 2.14 bits per heavy atom. The predicted molar refractivity (Wildman–Crippen MR) is 87.9 cm³/mol. The van der Waals surface area contributed by atoms with Crippen LogP contribution in [0, 0.1) is 0 Å². The highest BCUT2D eigenvalue weighted by Gasteiger charge is 2.33. The van der Waals surface area contributed by atoms with E-state index in [1.54, 1.807) is 16.2 Å². The van der Waals surface area contributed by atoms with Crippen LogP contribution in [0.4, 0.5) is 0 Å². The average Bonchev–Trinajstić information content (AvgIpc) is 3.12. The number of hydrogen-bond donors (Lipinski definition) is 1. The Morgan fingerprint density at radius 3 is 2.86 bits per heavy atom. The number of hydrogen-bond acceptors (Lipinski definition) is 4. The lowest BCUT2D eigenvalue weighted by Gasteiger charge is -2.23. The monoisotopic (exact) mass is 342 g/mol. The van der Waals surface area contributed by atoms with Gasteiger partial charge in [-0.05, 0) is 57.2 Å². The second-order valence-electron chi connectivity index (χ2n) is 6.05. The molecule has 1 aliphatic heterocycles. The number of nitrogens with zero attached hydrogens (tertiary/aromatic N) is 1. The SMILES string of the molecule is CNS(=O)(=O)C[C@H]1CCCN1C(=O)c1cc2c(s1)CCCC2. The van der Waals surface area contributed by atoms with E-state index in [4.69, 9.17) is 0 Å². The summed E-state index contributed by atoms with van der Waals surface area (Å²) < 4.78 is 25.9. The normalized spacial score (nSPS) is 21.9. The molecule has 1 amide bonds. The topological polar surface area (TPSA) is 66.5 Å². The first-order chi connectivity index (χ1) is 10.5. The third-order valence-electron chi connectivity index (χ3n) is 4.57. The molecule has 2 heterocycles. The summed E-state index contributed by atoms with van der Waals surface area (Å²) in [6, 6.07) is 1.83. The highest BCUT2D eigenvalue weighted by molar-refractivity contribution is 7.89. The molecule has 0 aromatic carbocycles. The van der Waals surface area contributed by atoms with Crippen molar-refractivity contribution in [2.24, 2.45) is 0 Å². The van der Waals surface area contributed by atoms with Gasteiger partial charge in [-0.15, -0.1) is 11.3 Å². The quantitative estimate of drug-likeness (QED) is 0.907. The van der Waals surface area contributed by atoms with Gasteiger partial charge in [-0.1, -0.05) is 0 Å². The van der Waals surface area contributed by atoms with E-state index in [-0.39, 0.29) is 17.7 Å². The Balaban J connectivity index is 1.77. The number of thiophene rings is 1. The summed E-state index contributed by atoms with van der Waals surface area (Å²) in [6.07, 6.45) is 6.18. The van der Waals surface area contributed by atoms with Crippen LogP contribution in [0.15, 0.2) is 6.07 Å². The van der Waals surface area contributed by atoms with Crippen LogP contribution in [0.25, 0.3) is 0 Å². The molecule has 5 nitrogen and oxygen atoms in total. The molecule has 7 heteroatoms. The van der Waals surface area contributed by atoms with E-state index in [9.17, 15) is 13.2 Å². The molecule has 0 spiro atoms. The van der Waals surface area contributed by atoms with Crippen molar-refractivity contribution >= 4 is 27.3 Å². The third-order valence-corrected chi connectivity index (χ3v) is 7.24. The molecule has 22 heavy (non-hydrogen) atoms. The first kappa shape index (κ1) is 16.0. The second-order valence-corrected chi connectivity index (χ2v) is 9.15. The summed E-state index contributed by atoms with van der Waals surface area (Å²) in [6.45, 7) is 0.658. The van der Waals surface area contributed by atoms with Gasteiger partial charge < -0.3 is 4.90 Å². The zero-order valence-corrected chi connectivity index (χ0v) is 14.4. The van der Waals surface area contributed by atoms with Crippen molar-refractivity contribution < 1.29 is 13.2 Å². The van der Waals surface area contributed by atoms with E-state index >= 15 is 0 Å². The van der Waals surface area contributed by atoms with Crippen LogP contribution in [0.2, 0.25) is 0 Å². The molecule has 0 radical (unpaired) electrons. The molecule has 122 valence electrons. The van der Waals surface area contributed by atoms with E-state index in [1.807, 2.05) is 6.07 Å². The number of nitrogens with one attached hydrogen (secondary N) is 1. The predicted octanol–water partition coefficient (Wildman–Crippen LogP) is 1.78. The fourth-order valence-corrected chi connectivity index (χ4v) is 5.58. The van der Waals surface area contributed by atoms with Crippen molar-refractivity contribution in [3.8, 4) is 0 Å². The van der Waals surface area contributed by atoms with Gasteiger partial charge in [0.05, 0.1) is 10.6 Å². The lowest BCUT2D eigenvalue weighted by Crippen LogP contribution is -2.41. The van der Waals surface area contributed by atoms with Crippen molar-refractivity contribution in [3.05, 3.63) is 21.4 Å². The zero-order chi connectivity index (χ0) is 15.7. The van der Waals surface area contributed by atoms with Crippen LogP contribution in [0.5, 0.6) is 0 Å². The summed E-state index contributed by atoms with van der Waals surface area (Å²) in [5.41, 5.74) is 1.32. The first-order valence-electron chi connectivity index (χ1n) is 7.84. The van der Waals surface area contributed by atoms with Crippen LogP contribution in [-0.4, -0.2) is 44.6 Å². The van der Waals surface area contributed by atoms with Crippen LogP contribution >= 0.6 is 11.3 Å². The van der Waals surface area contributed by atoms with Crippen molar-refractivity contribution in [1.29, 1.82) is 0 Å². The van der Waals surface area contributed by atoms with Gasteiger partial charge >= 0.3 is 0 Å². The molecule has 1 saturated heterocycles. The summed E-state index contributed by atoms with van der Waals surface area (Å²) >= 11 is 1.60. The van der Waals surface area contributed by atoms with Gasteiger partial charge in [0.25, 0.3) is 5.91 Å². The number of sulfonamides is 1. The maximum Gasteiger partial charge on any atom is 0.264 e. The van der Waals surface area contributed by atoms with Crippen LogP contribution < -0.4 is 4.72 Å². The van der Waals surface area contributed by atoms with E-state index in [1.165, 1.54) is 30.3 Å². The minimum absolute atomic E-state index is 0.000327. The van der Waals surface area contributed by atoms with Crippen molar-refractivity contribution in [1.82, 2.24) is 9.62 Å². The smallest absolute Gasteiger partial charge is 0.264 e. The van der Waals surface area contributed by atoms with Crippen LogP contribution in [0.3, 0.4) is 0 Å². The van der Waals surface area contributed by atoms with Crippen LogP contribution in [0.1, 0.15) is 45.8 Å². The van der Waals surface area contributed by atoms with E-state index in [0.29, 0.717) is 6.54 Å². The summed E-state index contributed by atoms with van der Waals surface area (Å²) in [5.74, 6) is 0.00792. The Kier molecular flexibility index (Phi) is 4.56. The molecule has 0 saturated carbocycles. The Hall–Kier alpha value is -0.920.